The zero-order valence-corrected chi connectivity index (χ0v) is 20.0. The number of furan rings is 1. The average Bonchev–Trinajstić information content (AvgIpc) is 3.50. The van der Waals surface area contributed by atoms with Crippen LogP contribution < -0.4 is 19.1 Å². The number of anilines is 1. The van der Waals surface area contributed by atoms with E-state index in [4.69, 9.17) is 18.6 Å². The number of amides is 1. The molecule has 0 atom stereocenters. The van der Waals surface area contributed by atoms with E-state index in [2.05, 4.69) is 4.98 Å². The van der Waals surface area contributed by atoms with Gasteiger partial charge in [0.25, 0.3) is 5.91 Å². The van der Waals surface area contributed by atoms with Gasteiger partial charge in [-0.1, -0.05) is 17.4 Å². The molecule has 0 fully saturated rings. The lowest BCUT2D eigenvalue weighted by Crippen LogP contribution is -2.30. The van der Waals surface area contributed by atoms with Crippen molar-refractivity contribution < 1.29 is 27.8 Å². The largest absolute Gasteiger partial charge is 0.490 e. The van der Waals surface area contributed by atoms with E-state index >= 15 is 0 Å². The van der Waals surface area contributed by atoms with Gasteiger partial charge in [0, 0.05) is 5.56 Å². The summed E-state index contributed by atoms with van der Waals surface area (Å²) in [7, 11) is 0. The van der Waals surface area contributed by atoms with Crippen LogP contribution in [0.1, 0.15) is 36.9 Å². The van der Waals surface area contributed by atoms with Gasteiger partial charge in [0.05, 0.1) is 37.3 Å². The van der Waals surface area contributed by atoms with E-state index in [-0.39, 0.29) is 18.0 Å². The Bertz CT molecular complexity index is 1240. The molecule has 0 saturated carbocycles. The van der Waals surface area contributed by atoms with Gasteiger partial charge < -0.3 is 18.6 Å². The van der Waals surface area contributed by atoms with Crippen LogP contribution >= 0.6 is 11.3 Å². The van der Waals surface area contributed by atoms with Crippen molar-refractivity contribution >= 4 is 32.6 Å². The molecule has 0 radical (unpaired) electrons. The minimum atomic E-state index is -0.441. The molecule has 34 heavy (non-hydrogen) atoms. The van der Waals surface area contributed by atoms with Crippen LogP contribution in [0.25, 0.3) is 10.2 Å². The number of carbonyl (C=O) groups excluding carboxylic acids is 1. The van der Waals surface area contributed by atoms with Crippen LogP contribution in [0.2, 0.25) is 0 Å². The predicted octanol–water partition coefficient (Wildman–Crippen LogP) is 6.07. The Kier molecular flexibility index (Phi) is 7.32. The second-order valence-electron chi connectivity index (χ2n) is 7.15. The topological polar surface area (TPSA) is 74.0 Å². The number of halogens is 1. The zero-order valence-electron chi connectivity index (χ0n) is 19.2. The fourth-order valence-corrected chi connectivity index (χ4v) is 4.45. The number of benzene rings is 2. The van der Waals surface area contributed by atoms with Crippen molar-refractivity contribution in [3.05, 3.63) is 65.9 Å². The van der Waals surface area contributed by atoms with E-state index in [9.17, 15) is 9.18 Å². The molecule has 0 saturated heterocycles. The van der Waals surface area contributed by atoms with E-state index in [1.54, 1.807) is 36.4 Å². The molecule has 1 amide bonds. The summed E-state index contributed by atoms with van der Waals surface area (Å²) < 4.78 is 37.7. The van der Waals surface area contributed by atoms with E-state index in [0.29, 0.717) is 58.2 Å². The zero-order chi connectivity index (χ0) is 24.1. The number of ether oxygens (including phenoxy) is 3. The van der Waals surface area contributed by atoms with Crippen LogP contribution in [0, 0.1) is 5.82 Å². The summed E-state index contributed by atoms with van der Waals surface area (Å²) in [4.78, 5) is 19.7. The maximum Gasteiger partial charge on any atom is 0.260 e. The Hall–Kier alpha value is -3.59. The number of rotatable bonds is 10. The molecule has 4 rings (SSSR count). The number of para-hydroxylation sites is 1. The molecule has 9 heteroatoms. The van der Waals surface area contributed by atoms with E-state index < -0.39 is 5.82 Å². The van der Waals surface area contributed by atoms with Crippen molar-refractivity contribution in [1.29, 1.82) is 0 Å². The second-order valence-corrected chi connectivity index (χ2v) is 8.16. The first-order valence-electron chi connectivity index (χ1n) is 11.0. The van der Waals surface area contributed by atoms with Gasteiger partial charge in [-0.2, -0.15) is 0 Å². The fraction of sp³-hybridized carbons (Fsp3) is 0.280. The highest BCUT2D eigenvalue weighted by molar-refractivity contribution is 7.22. The van der Waals surface area contributed by atoms with Crippen LogP contribution in [-0.2, 0) is 6.54 Å². The number of hydrogen-bond acceptors (Lipinski definition) is 7. The smallest absolute Gasteiger partial charge is 0.260 e. The first-order valence-corrected chi connectivity index (χ1v) is 11.8. The molecule has 4 aromatic rings. The predicted molar refractivity (Wildman–Crippen MR) is 129 cm³/mol. The number of aromatic nitrogens is 1. The van der Waals surface area contributed by atoms with Crippen LogP contribution in [0.5, 0.6) is 17.2 Å². The highest BCUT2D eigenvalue weighted by atomic mass is 32.1. The summed E-state index contributed by atoms with van der Waals surface area (Å²) in [6, 6.07) is 11.5. The molecule has 2 heterocycles. The van der Waals surface area contributed by atoms with Crippen molar-refractivity contribution in [3.8, 4) is 17.2 Å². The van der Waals surface area contributed by atoms with Crippen molar-refractivity contribution in [2.75, 3.05) is 24.7 Å². The van der Waals surface area contributed by atoms with Gasteiger partial charge in [0.1, 0.15) is 17.1 Å². The first kappa shape index (κ1) is 23.6. The third kappa shape index (κ3) is 4.84. The lowest BCUT2D eigenvalue weighted by molar-refractivity contribution is 0.0982. The van der Waals surface area contributed by atoms with Crippen molar-refractivity contribution in [3.63, 3.8) is 0 Å². The highest BCUT2D eigenvalue weighted by Crippen LogP contribution is 2.40. The SMILES string of the molecule is CCOc1cc(C(=O)N(Cc2ccco2)c2nc3c(F)cccc3s2)cc(OCC)c1OCC. The second kappa shape index (κ2) is 10.6. The van der Waals surface area contributed by atoms with Gasteiger partial charge in [-0.05, 0) is 57.2 Å². The molecule has 0 spiro atoms. The van der Waals surface area contributed by atoms with Crippen molar-refractivity contribution in [2.24, 2.45) is 0 Å². The molecule has 0 aliphatic rings. The fourth-order valence-electron chi connectivity index (χ4n) is 3.47. The Labute approximate surface area is 200 Å². The molecular formula is C25H25FN2O5S. The number of hydrogen-bond donors (Lipinski definition) is 0. The monoisotopic (exact) mass is 484 g/mol. The normalized spacial score (nSPS) is 10.9. The van der Waals surface area contributed by atoms with Gasteiger partial charge in [-0.25, -0.2) is 9.37 Å². The van der Waals surface area contributed by atoms with E-state index in [1.165, 1.54) is 28.6 Å². The molecule has 7 nitrogen and oxygen atoms in total. The third-order valence-electron chi connectivity index (χ3n) is 4.88. The van der Waals surface area contributed by atoms with Gasteiger partial charge in [0.15, 0.2) is 16.6 Å². The van der Waals surface area contributed by atoms with Crippen LogP contribution in [0.3, 0.4) is 0 Å². The molecular weight excluding hydrogens is 459 g/mol. The first-order chi connectivity index (χ1) is 16.5. The minimum Gasteiger partial charge on any atom is -0.490 e. The van der Waals surface area contributed by atoms with Gasteiger partial charge in [-0.3, -0.25) is 9.69 Å². The minimum absolute atomic E-state index is 0.119. The van der Waals surface area contributed by atoms with Crippen molar-refractivity contribution in [1.82, 2.24) is 4.98 Å². The molecule has 2 aromatic heterocycles. The van der Waals surface area contributed by atoms with E-state index in [1.807, 2.05) is 20.8 Å². The molecule has 0 unspecified atom stereocenters. The Balaban J connectivity index is 1.81. The quantitative estimate of drug-likeness (QED) is 0.272. The Morgan fingerprint density at radius 1 is 1.03 bits per heavy atom. The van der Waals surface area contributed by atoms with Gasteiger partial charge >= 0.3 is 0 Å². The molecule has 0 N–H and O–H groups in total. The average molecular weight is 485 g/mol. The highest BCUT2D eigenvalue weighted by Gasteiger charge is 2.26. The third-order valence-corrected chi connectivity index (χ3v) is 5.93. The van der Waals surface area contributed by atoms with Gasteiger partial charge in [-0.15, -0.1) is 0 Å². The van der Waals surface area contributed by atoms with Crippen LogP contribution in [0.15, 0.2) is 53.1 Å². The van der Waals surface area contributed by atoms with Gasteiger partial charge in [0.2, 0.25) is 5.75 Å². The molecule has 2 aromatic carbocycles. The van der Waals surface area contributed by atoms with E-state index in [0.717, 1.165) is 0 Å². The lowest BCUT2D eigenvalue weighted by atomic mass is 10.1. The molecule has 0 aliphatic carbocycles. The Morgan fingerprint density at radius 3 is 2.32 bits per heavy atom. The molecule has 0 aliphatic heterocycles. The van der Waals surface area contributed by atoms with Crippen LogP contribution in [-0.4, -0.2) is 30.7 Å². The summed E-state index contributed by atoms with van der Waals surface area (Å²) in [5.74, 6) is 1.03. The summed E-state index contributed by atoms with van der Waals surface area (Å²) in [5, 5.41) is 0.353. The van der Waals surface area contributed by atoms with Crippen LogP contribution in [0.4, 0.5) is 9.52 Å². The molecule has 178 valence electrons. The number of fused-ring (bicyclic) bond motifs is 1. The maximum absolute atomic E-state index is 14.3. The number of nitrogens with zero attached hydrogens (tertiary/aromatic N) is 2. The summed E-state index contributed by atoms with van der Waals surface area (Å²) in [5.41, 5.74) is 0.540. The Morgan fingerprint density at radius 2 is 1.74 bits per heavy atom. The standard InChI is InChI=1S/C25H25FN2O5S/c1-4-30-19-13-16(14-20(31-5-2)23(19)32-6-3)24(29)28(15-17-9-8-12-33-17)25-27-22-18(26)10-7-11-21(22)34-25/h7-14H,4-6,15H2,1-3H3. The lowest BCUT2D eigenvalue weighted by Gasteiger charge is -2.21. The summed E-state index contributed by atoms with van der Waals surface area (Å²) >= 11 is 1.23. The summed E-state index contributed by atoms with van der Waals surface area (Å²) in [6.45, 7) is 6.87. The maximum atomic E-state index is 14.3. The summed E-state index contributed by atoms with van der Waals surface area (Å²) in [6.07, 6.45) is 1.53. The molecule has 0 bridgehead atoms. The number of thiazole rings is 1. The number of carbonyl (C=O) groups is 1. The van der Waals surface area contributed by atoms with Crippen molar-refractivity contribution in [2.45, 2.75) is 27.3 Å².